The van der Waals surface area contributed by atoms with Crippen molar-refractivity contribution < 1.29 is 9.53 Å². The molecule has 1 amide bonds. The fourth-order valence-corrected chi connectivity index (χ4v) is 3.34. The van der Waals surface area contributed by atoms with Gasteiger partial charge in [0.05, 0.1) is 12.6 Å². The number of amides is 1. The van der Waals surface area contributed by atoms with E-state index in [0.717, 1.165) is 33.5 Å². The first kappa shape index (κ1) is 13.9. The van der Waals surface area contributed by atoms with Crippen molar-refractivity contribution in [2.45, 2.75) is 13.0 Å². The molecule has 1 aromatic heterocycles. The number of ether oxygens (including phenoxy) is 1. The highest BCUT2D eigenvalue weighted by atomic mass is 16.5. The number of carbonyl (C=O) groups excluding carboxylic acids is 1. The lowest BCUT2D eigenvalue weighted by Gasteiger charge is -2.25. The second-order valence-corrected chi connectivity index (χ2v) is 5.93. The molecule has 0 bridgehead atoms. The summed E-state index contributed by atoms with van der Waals surface area (Å²) in [4.78, 5) is 12.2. The summed E-state index contributed by atoms with van der Waals surface area (Å²) in [7, 11) is 1.67. The van der Waals surface area contributed by atoms with E-state index in [0.29, 0.717) is 6.54 Å². The molecule has 1 N–H and O–H groups in total. The molecule has 4 nitrogen and oxygen atoms in total. The van der Waals surface area contributed by atoms with E-state index in [4.69, 9.17) is 4.74 Å². The van der Waals surface area contributed by atoms with Crippen molar-refractivity contribution in [3.05, 3.63) is 54.2 Å². The Morgan fingerprint density at radius 1 is 1.17 bits per heavy atom. The van der Waals surface area contributed by atoms with Crippen LogP contribution in [-0.2, 0) is 0 Å². The van der Waals surface area contributed by atoms with Crippen LogP contribution in [0, 0.1) is 0 Å². The van der Waals surface area contributed by atoms with Crippen molar-refractivity contribution in [3.63, 3.8) is 0 Å². The molecule has 1 unspecified atom stereocenters. The second kappa shape index (κ2) is 5.16. The average Bonchev–Trinajstić information content (AvgIpc) is 2.99. The number of hydrogen-bond acceptors (Lipinski definition) is 2. The summed E-state index contributed by atoms with van der Waals surface area (Å²) in [5, 5.41) is 4.04. The molecule has 2 heterocycles. The molecule has 0 spiro atoms. The lowest BCUT2D eigenvalue weighted by atomic mass is 10.0. The Labute approximate surface area is 134 Å². The number of fused-ring (bicyclic) bond motifs is 3. The van der Waals surface area contributed by atoms with Crippen molar-refractivity contribution in [1.82, 2.24) is 9.88 Å². The molecule has 0 fully saturated rings. The number of aromatic nitrogens is 1. The molecule has 0 saturated heterocycles. The van der Waals surface area contributed by atoms with Gasteiger partial charge in [0.25, 0.3) is 5.91 Å². The van der Waals surface area contributed by atoms with Gasteiger partial charge in [-0.15, -0.1) is 0 Å². The maximum absolute atomic E-state index is 12.2. The van der Waals surface area contributed by atoms with Crippen molar-refractivity contribution >= 4 is 16.8 Å². The summed E-state index contributed by atoms with van der Waals surface area (Å²) in [6.07, 6.45) is 0. The van der Waals surface area contributed by atoms with E-state index in [1.807, 2.05) is 24.3 Å². The topological polar surface area (TPSA) is 43.3 Å². The zero-order valence-corrected chi connectivity index (χ0v) is 13.2. The van der Waals surface area contributed by atoms with Gasteiger partial charge in [-0.1, -0.05) is 30.3 Å². The summed E-state index contributed by atoms with van der Waals surface area (Å²) >= 11 is 0. The van der Waals surface area contributed by atoms with Crippen LogP contribution < -0.4 is 10.1 Å². The molecule has 4 rings (SSSR count). The fraction of sp³-hybridized carbons (Fsp3) is 0.211. The highest BCUT2D eigenvalue weighted by Gasteiger charge is 2.25. The van der Waals surface area contributed by atoms with E-state index >= 15 is 0 Å². The van der Waals surface area contributed by atoms with E-state index in [9.17, 15) is 4.79 Å². The lowest BCUT2D eigenvalue weighted by molar-refractivity contribution is 0.0919. The number of nitrogens with one attached hydrogen (secondary N) is 1. The number of carbonyl (C=O) groups is 1. The minimum atomic E-state index is -0.0000177. The molecular formula is C19H18N2O2. The number of benzene rings is 2. The summed E-state index contributed by atoms with van der Waals surface area (Å²) < 4.78 is 7.40. The molecule has 116 valence electrons. The number of rotatable bonds is 2. The summed E-state index contributed by atoms with van der Waals surface area (Å²) in [6, 6.07) is 16.5. The smallest absolute Gasteiger partial charge is 0.268 e. The predicted molar refractivity (Wildman–Crippen MR) is 91.0 cm³/mol. The number of hydrogen-bond donors (Lipinski definition) is 1. The molecule has 1 aliphatic rings. The van der Waals surface area contributed by atoms with Crippen molar-refractivity contribution in [2.75, 3.05) is 13.7 Å². The van der Waals surface area contributed by atoms with Gasteiger partial charge in [-0.2, -0.15) is 0 Å². The van der Waals surface area contributed by atoms with Crippen molar-refractivity contribution in [2.24, 2.45) is 0 Å². The third-order valence-corrected chi connectivity index (χ3v) is 4.49. The van der Waals surface area contributed by atoms with Crippen LogP contribution in [-0.4, -0.2) is 24.1 Å². The number of para-hydroxylation sites is 1. The highest BCUT2D eigenvalue weighted by Crippen LogP contribution is 2.35. The van der Waals surface area contributed by atoms with Crippen LogP contribution in [0.1, 0.15) is 23.5 Å². The van der Waals surface area contributed by atoms with Crippen molar-refractivity contribution in [3.8, 4) is 16.9 Å². The second-order valence-electron chi connectivity index (χ2n) is 5.93. The standard InChI is InChI=1S/C19H18N2O2/c1-12-11-20-19(22)17-10-14-4-3-5-16(18(14)21(12)17)13-6-8-15(23-2)9-7-13/h3-10,12H,11H2,1-2H3,(H,20,22). The van der Waals surface area contributed by atoms with Gasteiger partial charge in [0.2, 0.25) is 0 Å². The van der Waals surface area contributed by atoms with Gasteiger partial charge in [-0.05, 0) is 30.7 Å². The van der Waals surface area contributed by atoms with Gasteiger partial charge < -0.3 is 14.6 Å². The van der Waals surface area contributed by atoms with Crippen LogP contribution in [0.4, 0.5) is 0 Å². The molecule has 0 radical (unpaired) electrons. The largest absolute Gasteiger partial charge is 0.497 e. The first-order chi connectivity index (χ1) is 11.2. The monoisotopic (exact) mass is 306 g/mol. The Morgan fingerprint density at radius 2 is 1.96 bits per heavy atom. The first-order valence-corrected chi connectivity index (χ1v) is 7.75. The van der Waals surface area contributed by atoms with Gasteiger partial charge in [-0.25, -0.2) is 0 Å². The first-order valence-electron chi connectivity index (χ1n) is 7.75. The predicted octanol–water partition coefficient (Wildman–Crippen LogP) is 3.62. The van der Waals surface area contributed by atoms with Crippen LogP contribution in [0.25, 0.3) is 22.0 Å². The van der Waals surface area contributed by atoms with Crippen LogP contribution in [0.2, 0.25) is 0 Å². The van der Waals surface area contributed by atoms with Gasteiger partial charge in [0.15, 0.2) is 0 Å². The van der Waals surface area contributed by atoms with Gasteiger partial charge in [-0.3, -0.25) is 4.79 Å². The van der Waals surface area contributed by atoms with Crippen LogP contribution in [0.3, 0.4) is 0 Å². The van der Waals surface area contributed by atoms with Crippen LogP contribution in [0.15, 0.2) is 48.5 Å². The number of methoxy groups -OCH3 is 1. The highest BCUT2D eigenvalue weighted by molar-refractivity contribution is 6.03. The Morgan fingerprint density at radius 3 is 2.70 bits per heavy atom. The quantitative estimate of drug-likeness (QED) is 0.786. The fourth-order valence-electron chi connectivity index (χ4n) is 3.34. The minimum Gasteiger partial charge on any atom is -0.497 e. The Hall–Kier alpha value is -2.75. The molecule has 3 aromatic rings. The summed E-state index contributed by atoms with van der Waals surface area (Å²) in [6.45, 7) is 2.79. The van der Waals surface area contributed by atoms with Gasteiger partial charge in [0.1, 0.15) is 11.4 Å². The molecular weight excluding hydrogens is 288 g/mol. The molecule has 1 aliphatic heterocycles. The van der Waals surface area contributed by atoms with Gasteiger partial charge in [0, 0.05) is 23.5 Å². The van der Waals surface area contributed by atoms with Crippen LogP contribution >= 0.6 is 0 Å². The molecule has 23 heavy (non-hydrogen) atoms. The maximum atomic E-state index is 12.2. The average molecular weight is 306 g/mol. The normalized spacial score (nSPS) is 17.0. The molecule has 0 saturated carbocycles. The number of nitrogens with zero attached hydrogens (tertiary/aromatic N) is 1. The van der Waals surface area contributed by atoms with E-state index in [1.165, 1.54) is 0 Å². The zero-order chi connectivity index (χ0) is 16.0. The molecule has 1 atom stereocenters. The Balaban J connectivity index is 1.98. The summed E-state index contributed by atoms with van der Waals surface area (Å²) in [5.74, 6) is 0.839. The SMILES string of the molecule is COc1ccc(-c2cccc3cc4n(c23)C(C)CNC4=O)cc1. The zero-order valence-electron chi connectivity index (χ0n) is 13.2. The maximum Gasteiger partial charge on any atom is 0.268 e. The van der Waals surface area contributed by atoms with E-state index in [2.05, 4.69) is 41.1 Å². The molecule has 0 aliphatic carbocycles. The van der Waals surface area contributed by atoms with Gasteiger partial charge >= 0.3 is 0 Å². The Kier molecular flexibility index (Phi) is 3.11. The van der Waals surface area contributed by atoms with E-state index < -0.39 is 0 Å². The van der Waals surface area contributed by atoms with Crippen molar-refractivity contribution in [1.29, 1.82) is 0 Å². The third kappa shape index (κ3) is 2.10. The van der Waals surface area contributed by atoms with E-state index in [-0.39, 0.29) is 11.9 Å². The molecule has 2 aromatic carbocycles. The summed E-state index contributed by atoms with van der Waals surface area (Å²) in [5.41, 5.74) is 4.11. The Bertz CT molecular complexity index is 894. The van der Waals surface area contributed by atoms with E-state index in [1.54, 1.807) is 7.11 Å². The minimum absolute atomic E-state index is 0.0000177. The third-order valence-electron chi connectivity index (χ3n) is 4.49. The lowest BCUT2D eigenvalue weighted by Crippen LogP contribution is -2.37. The van der Waals surface area contributed by atoms with Crippen LogP contribution in [0.5, 0.6) is 5.75 Å². The molecule has 4 heteroatoms.